The van der Waals surface area contributed by atoms with Crippen LogP contribution < -0.4 is 5.73 Å². The maximum Gasteiger partial charge on any atom is 0.326 e. The van der Waals surface area contributed by atoms with Crippen molar-refractivity contribution in [3.05, 3.63) is 35.9 Å². The minimum absolute atomic E-state index is 0.0201. The topological polar surface area (TPSA) is 110 Å². The zero-order valence-corrected chi connectivity index (χ0v) is 9.65. The van der Waals surface area contributed by atoms with Gasteiger partial charge in [-0.25, -0.2) is 0 Å². The second-order valence-corrected chi connectivity index (χ2v) is 3.84. The van der Waals surface area contributed by atoms with Crippen molar-refractivity contribution in [1.82, 2.24) is 0 Å². The first-order valence-corrected chi connectivity index (χ1v) is 5.29. The van der Waals surface area contributed by atoms with Crippen molar-refractivity contribution in [3.63, 3.8) is 0 Å². The highest BCUT2D eigenvalue weighted by Gasteiger charge is 2.39. The SMILES string of the molecule is NC(C(=O)OCc1ccccc1)C(O)(C=O)CO. The Balaban J connectivity index is 2.58. The maximum atomic E-state index is 11.5. The standard InChI is InChI=1S/C12H15NO5/c13-10(12(17,7-14)8-15)11(16)18-6-9-4-2-1-3-5-9/h1-5,7,10,15,17H,6,8,13H2. The monoisotopic (exact) mass is 253 g/mol. The number of aliphatic hydroxyl groups excluding tert-OH is 1. The molecule has 2 unspecified atom stereocenters. The lowest BCUT2D eigenvalue weighted by Crippen LogP contribution is -2.57. The van der Waals surface area contributed by atoms with Crippen LogP contribution in [-0.2, 0) is 20.9 Å². The second-order valence-electron chi connectivity index (χ2n) is 3.84. The fraction of sp³-hybridized carbons (Fsp3) is 0.333. The van der Waals surface area contributed by atoms with Crippen molar-refractivity contribution in [2.24, 2.45) is 5.73 Å². The van der Waals surface area contributed by atoms with Gasteiger partial charge in [0.15, 0.2) is 11.9 Å². The van der Waals surface area contributed by atoms with Crippen LogP contribution in [0.15, 0.2) is 30.3 Å². The van der Waals surface area contributed by atoms with Gasteiger partial charge in [0.25, 0.3) is 0 Å². The first-order chi connectivity index (χ1) is 8.53. The van der Waals surface area contributed by atoms with Gasteiger partial charge in [0.2, 0.25) is 0 Å². The molecule has 0 bridgehead atoms. The van der Waals surface area contributed by atoms with E-state index in [-0.39, 0.29) is 12.9 Å². The molecule has 0 radical (unpaired) electrons. The lowest BCUT2D eigenvalue weighted by atomic mass is 9.98. The molecule has 1 aromatic carbocycles. The summed E-state index contributed by atoms with van der Waals surface area (Å²) in [5.74, 6) is -0.956. The van der Waals surface area contributed by atoms with E-state index in [1.54, 1.807) is 24.3 Å². The Labute approximate surface area is 104 Å². The third-order valence-electron chi connectivity index (χ3n) is 2.47. The molecule has 0 saturated heterocycles. The zero-order valence-electron chi connectivity index (χ0n) is 9.65. The Kier molecular flexibility index (Phi) is 4.96. The van der Waals surface area contributed by atoms with Crippen LogP contribution in [0.4, 0.5) is 0 Å². The van der Waals surface area contributed by atoms with Gasteiger partial charge < -0.3 is 20.7 Å². The normalized spacial score (nSPS) is 15.5. The molecule has 0 saturated carbocycles. The van der Waals surface area contributed by atoms with E-state index in [1.807, 2.05) is 6.07 Å². The molecule has 1 rings (SSSR count). The largest absolute Gasteiger partial charge is 0.460 e. The van der Waals surface area contributed by atoms with Gasteiger partial charge in [-0.1, -0.05) is 30.3 Å². The summed E-state index contributed by atoms with van der Waals surface area (Å²) in [6.07, 6.45) is 0.0292. The van der Waals surface area contributed by atoms with E-state index in [0.717, 1.165) is 5.56 Å². The molecule has 18 heavy (non-hydrogen) atoms. The Bertz CT molecular complexity index is 408. The molecule has 98 valence electrons. The van der Waals surface area contributed by atoms with Gasteiger partial charge >= 0.3 is 5.97 Å². The van der Waals surface area contributed by atoms with Gasteiger partial charge in [-0.3, -0.25) is 9.59 Å². The molecule has 6 nitrogen and oxygen atoms in total. The fourth-order valence-electron chi connectivity index (χ4n) is 1.23. The molecule has 0 heterocycles. The average Bonchev–Trinajstić information content (AvgIpc) is 2.44. The molecule has 0 fully saturated rings. The molecule has 6 heteroatoms. The first kappa shape index (κ1) is 14.3. The summed E-state index contributed by atoms with van der Waals surface area (Å²) in [5, 5.41) is 18.3. The summed E-state index contributed by atoms with van der Waals surface area (Å²) >= 11 is 0. The fourth-order valence-corrected chi connectivity index (χ4v) is 1.23. The van der Waals surface area contributed by atoms with Crippen LogP contribution in [0.3, 0.4) is 0 Å². The average molecular weight is 253 g/mol. The highest BCUT2D eigenvalue weighted by molar-refractivity contribution is 5.83. The molecule has 4 N–H and O–H groups in total. The first-order valence-electron chi connectivity index (χ1n) is 5.29. The van der Waals surface area contributed by atoms with Crippen molar-refractivity contribution >= 4 is 12.3 Å². The Hall–Kier alpha value is -1.76. The van der Waals surface area contributed by atoms with Gasteiger partial charge in [-0.15, -0.1) is 0 Å². The highest BCUT2D eigenvalue weighted by atomic mass is 16.5. The molecule has 0 aromatic heterocycles. The number of hydrogen-bond donors (Lipinski definition) is 3. The number of carbonyl (C=O) groups is 2. The second kappa shape index (κ2) is 6.25. The molecule has 0 aliphatic carbocycles. The number of nitrogens with two attached hydrogens (primary N) is 1. The molecule has 0 amide bonds. The van der Waals surface area contributed by atoms with Crippen LogP contribution in [0, 0.1) is 0 Å². The molecule has 0 spiro atoms. The summed E-state index contributed by atoms with van der Waals surface area (Å²) in [6, 6.07) is 7.24. The number of esters is 1. The number of ether oxygens (including phenoxy) is 1. The van der Waals surface area contributed by atoms with Gasteiger partial charge in [0.1, 0.15) is 12.6 Å². The number of aliphatic hydroxyl groups is 2. The quantitative estimate of drug-likeness (QED) is 0.442. The molecule has 2 atom stereocenters. The lowest BCUT2D eigenvalue weighted by molar-refractivity contribution is -0.158. The zero-order chi connectivity index (χ0) is 13.6. The number of carbonyl (C=O) groups excluding carboxylic acids is 2. The van der Waals surface area contributed by atoms with Crippen LogP contribution in [0.25, 0.3) is 0 Å². The number of benzene rings is 1. The summed E-state index contributed by atoms with van der Waals surface area (Å²) in [6.45, 7) is -0.966. The lowest BCUT2D eigenvalue weighted by Gasteiger charge is -2.24. The van der Waals surface area contributed by atoms with Gasteiger partial charge in [0.05, 0.1) is 6.61 Å². The molecule has 0 aliphatic rings. The Morgan fingerprint density at radius 3 is 2.56 bits per heavy atom. The van der Waals surface area contributed by atoms with E-state index < -0.39 is 24.2 Å². The third-order valence-corrected chi connectivity index (χ3v) is 2.47. The van der Waals surface area contributed by atoms with Gasteiger partial charge in [-0.2, -0.15) is 0 Å². The minimum atomic E-state index is -2.31. The van der Waals surface area contributed by atoms with Crippen LogP contribution in [-0.4, -0.2) is 40.7 Å². The molecular weight excluding hydrogens is 238 g/mol. The minimum Gasteiger partial charge on any atom is -0.460 e. The van der Waals surface area contributed by atoms with E-state index >= 15 is 0 Å². The molecular formula is C12H15NO5. The Morgan fingerprint density at radius 2 is 2.06 bits per heavy atom. The Morgan fingerprint density at radius 1 is 1.44 bits per heavy atom. The van der Waals surface area contributed by atoms with Crippen molar-refractivity contribution < 1.29 is 24.5 Å². The van der Waals surface area contributed by atoms with E-state index in [2.05, 4.69) is 0 Å². The number of rotatable bonds is 6. The summed E-state index contributed by atoms with van der Waals surface area (Å²) in [5.41, 5.74) is 3.80. The van der Waals surface area contributed by atoms with Crippen LogP contribution in [0.1, 0.15) is 5.56 Å². The summed E-state index contributed by atoms with van der Waals surface area (Å²) in [7, 11) is 0. The summed E-state index contributed by atoms with van der Waals surface area (Å²) < 4.78 is 4.85. The predicted octanol–water partition coefficient (Wildman–Crippen LogP) is -1.02. The number of hydrogen-bond acceptors (Lipinski definition) is 6. The maximum absolute atomic E-state index is 11.5. The van der Waals surface area contributed by atoms with Gasteiger partial charge in [-0.05, 0) is 5.56 Å². The van der Waals surface area contributed by atoms with Crippen molar-refractivity contribution in [2.45, 2.75) is 18.2 Å². The van der Waals surface area contributed by atoms with E-state index in [4.69, 9.17) is 15.6 Å². The van der Waals surface area contributed by atoms with E-state index in [0.29, 0.717) is 0 Å². The smallest absolute Gasteiger partial charge is 0.326 e. The van der Waals surface area contributed by atoms with Gasteiger partial charge in [0, 0.05) is 0 Å². The third kappa shape index (κ3) is 3.36. The summed E-state index contributed by atoms with van der Waals surface area (Å²) in [4.78, 5) is 22.1. The van der Waals surface area contributed by atoms with Crippen LogP contribution >= 0.6 is 0 Å². The molecule has 0 aliphatic heterocycles. The van der Waals surface area contributed by atoms with E-state index in [1.165, 1.54) is 0 Å². The van der Waals surface area contributed by atoms with Crippen LogP contribution in [0.2, 0.25) is 0 Å². The molecule has 1 aromatic rings. The van der Waals surface area contributed by atoms with Crippen LogP contribution in [0.5, 0.6) is 0 Å². The van der Waals surface area contributed by atoms with Crippen molar-refractivity contribution in [2.75, 3.05) is 6.61 Å². The van der Waals surface area contributed by atoms with Crippen molar-refractivity contribution in [1.29, 1.82) is 0 Å². The highest BCUT2D eigenvalue weighted by Crippen LogP contribution is 2.08. The van der Waals surface area contributed by atoms with Crippen molar-refractivity contribution in [3.8, 4) is 0 Å². The predicted molar refractivity (Wildman–Crippen MR) is 62.3 cm³/mol. The van der Waals surface area contributed by atoms with E-state index in [9.17, 15) is 14.7 Å². The number of aldehydes is 1.